The summed E-state index contributed by atoms with van der Waals surface area (Å²) in [6.07, 6.45) is 4.37. The number of rotatable bonds is 4. The van der Waals surface area contributed by atoms with E-state index in [1.165, 1.54) is 12.8 Å². The molecule has 2 nitrogen and oxygen atoms in total. The Morgan fingerprint density at radius 2 is 2.08 bits per heavy atom. The van der Waals surface area contributed by atoms with Crippen LogP contribution in [0.2, 0.25) is 0 Å². The molecule has 0 aliphatic carbocycles. The smallest absolute Gasteiger partial charge is 0.157 e. The predicted molar refractivity (Wildman–Crippen MR) is 48.7 cm³/mol. The molecular formula is C10H19O2. The average Bonchev–Trinajstić information content (AvgIpc) is 2.06. The highest BCUT2D eigenvalue weighted by atomic mass is 16.7. The van der Waals surface area contributed by atoms with Crippen LogP contribution in [-0.2, 0) is 9.47 Å². The van der Waals surface area contributed by atoms with Crippen LogP contribution in [0.4, 0.5) is 0 Å². The molecule has 1 radical (unpaired) electrons. The first kappa shape index (κ1) is 10.0. The Bertz CT molecular complexity index is 108. The average molecular weight is 171 g/mol. The van der Waals surface area contributed by atoms with Crippen LogP contribution in [0.25, 0.3) is 0 Å². The highest BCUT2D eigenvalue weighted by Crippen LogP contribution is 2.17. The second kappa shape index (κ2) is 5.55. The van der Waals surface area contributed by atoms with Crippen LogP contribution in [0.1, 0.15) is 32.6 Å². The zero-order valence-electron chi connectivity index (χ0n) is 7.92. The molecule has 1 heterocycles. The third-order valence-electron chi connectivity index (χ3n) is 2.12. The molecule has 1 aliphatic rings. The van der Waals surface area contributed by atoms with E-state index in [2.05, 4.69) is 13.8 Å². The molecule has 0 aromatic heterocycles. The van der Waals surface area contributed by atoms with E-state index < -0.39 is 0 Å². The minimum Gasteiger partial charge on any atom is -0.353 e. The lowest BCUT2D eigenvalue weighted by Gasteiger charge is -2.25. The van der Waals surface area contributed by atoms with Crippen molar-refractivity contribution in [3.05, 3.63) is 6.92 Å². The van der Waals surface area contributed by atoms with Gasteiger partial charge in [0.15, 0.2) is 6.29 Å². The molecule has 1 rings (SSSR count). The third kappa shape index (κ3) is 3.55. The van der Waals surface area contributed by atoms with Crippen LogP contribution >= 0.6 is 0 Å². The Morgan fingerprint density at radius 3 is 2.67 bits per heavy atom. The Kier molecular flexibility index (Phi) is 4.62. The minimum absolute atomic E-state index is 0.0211. The van der Waals surface area contributed by atoms with Crippen LogP contribution in [-0.4, -0.2) is 19.5 Å². The summed E-state index contributed by atoms with van der Waals surface area (Å²) < 4.78 is 10.9. The molecule has 0 spiro atoms. The van der Waals surface area contributed by atoms with Crippen molar-refractivity contribution >= 4 is 0 Å². The van der Waals surface area contributed by atoms with Gasteiger partial charge >= 0.3 is 0 Å². The van der Waals surface area contributed by atoms with Crippen molar-refractivity contribution in [2.45, 2.75) is 38.9 Å². The standard InChI is InChI=1S/C10H19O2/c1-3-5-9(2)8-10-11-6-4-7-12-10/h9-10H,2-8H2,1H3. The SMILES string of the molecule is [CH2]C(CCC)CC1OCCCO1. The fourth-order valence-corrected chi connectivity index (χ4v) is 1.47. The summed E-state index contributed by atoms with van der Waals surface area (Å²) >= 11 is 0. The molecular weight excluding hydrogens is 152 g/mol. The van der Waals surface area contributed by atoms with Crippen molar-refractivity contribution in [3.63, 3.8) is 0 Å². The van der Waals surface area contributed by atoms with Gasteiger partial charge in [-0.3, -0.25) is 0 Å². The molecule has 0 aromatic carbocycles. The lowest BCUT2D eigenvalue weighted by Crippen LogP contribution is -2.26. The first-order valence-corrected chi connectivity index (χ1v) is 4.89. The quantitative estimate of drug-likeness (QED) is 0.646. The van der Waals surface area contributed by atoms with Gasteiger partial charge in [0, 0.05) is 6.42 Å². The van der Waals surface area contributed by atoms with Crippen LogP contribution in [0.15, 0.2) is 0 Å². The molecule has 2 heteroatoms. The number of hydrogen-bond donors (Lipinski definition) is 0. The van der Waals surface area contributed by atoms with Gasteiger partial charge in [-0.15, -0.1) is 0 Å². The Morgan fingerprint density at radius 1 is 1.42 bits per heavy atom. The van der Waals surface area contributed by atoms with E-state index in [1.807, 2.05) is 0 Å². The fourth-order valence-electron chi connectivity index (χ4n) is 1.47. The van der Waals surface area contributed by atoms with Gasteiger partial charge in [0.2, 0.25) is 0 Å². The molecule has 71 valence electrons. The van der Waals surface area contributed by atoms with Gasteiger partial charge in [-0.1, -0.05) is 19.8 Å². The van der Waals surface area contributed by atoms with Gasteiger partial charge in [-0.25, -0.2) is 0 Å². The van der Waals surface area contributed by atoms with Crippen molar-refractivity contribution in [3.8, 4) is 0 Å². The minimum atomic E-state index is 0.0211. The van der Waals surface area contributed by atoms with E-state index in [1.54, 1.807) is 0 Å². The molecule has 0 aromatic rings. The summed E-state index contributed by atoms with van der Waals surface area (Å²) in [6.45, 7) is 7.94. The van der Waals surface area contributed by atoms with Gasteiger partial charge < -0.3 is 9.47 Å². The molecule has 12 heavy (non-hydrogen) atoms. The Hall–Kier alpha value is -0.0800. The van der Waals surface area contributed by atoms with E-state index >= 15 is 0 Å². The molecule has 0 N–H and O–H groups in total. The largest absolute Gasteiger partial charge is 0.353 e. The number of hydrogen-bond acceptors (Lipinski definition) is 2. The monoisotopic (exact) mass is 171 g/mol. The highest BCUT2D eigenvalue weighted by molar-refractivity contribution is 4.64. The van der Waals surface area contributed by atoms with Crippen molar-refractivity contribution in [1.82, 2.24) is 0 Å². The Labute approximate surface area is 75.2 Å². The summed E-state index contributed by atoms with van der Waals surface area (Å²) in [6, 6.07) is 0. The first-order chi connectivity index (χ1) is 5.83. The maximum atomic E-state index is 5.43. The molecule has 1 saturated heterocycles. The van der Waals surface area contributed by atoms with Crippen LogP contribution < -0.4 is 0 Å². The first-order valence-electron chi connectivity index (χ1n) is 4.89. The second-order valence-corrected chi connectivity index (χ2v) is 3.42. The molecule has 0 amide bonds. The van der Waals surface area contributed by atoms with E-state index in [4.69, 9.17) is 9.47 Å². The summed E-state index contributed by atoms with van der Waals surface area (Å²) in [4.78, 5) is 0. The Balaban J connectivity index is 2.11. The lowest BCUT2D eigenvalue weighted by molar-refractivity contribution is -0.185. The second-order valence-electron chi connectivity index (χ2n) is 3.42. The predicted octanol–water partition coefficient (Wildman–Crippen LogP) is 2.39. The fraction of sp³-hybridized carbons (Fsp3) is 0.900. The van der Waals surface area contributed by atoms with Crippen LogP contribution in [0.3, 0.4) is 0 Å². The summed E-state index contributed by atoms with van der Waals surface area (Å²) in [5.41, 5.74) is 0. The maximum Gasteiger partial charge on any atom is 0.157 e. The molecule has 1 unspecified atom stereocenters. The molecule has 1 fully saturated rings. The van der Waals surface area contributed by atoms with Crippen molar-refractivity contribution in [1.29, 1.82) is 0 Å². The zero-order chi connectivity index (χ0) is 8.81. The summed E-state index contributed by atoms with van der Waals surface area (Å²) in [5, 5.41) is 0. The van der Waals surface area contributed by atoms with Crippen LogP contribution in [0.5, 0.6) is 0 Å². The van der Waals surface area contributed by atoms with E-state index in [-0.39, 0.29) is 6.29 Å². The molecule has 1 atom stereocenters. The summed E-state index contributed by atoms with van der Waals surface area (Å²) in [5.74, 6) is 0.484. The van der Waals surface area contributed by atoms with Gasteiger partial charge in [0.05, 0.1) is 13.2 Å². The highest BCUT2D eigenvalue weighted by Gasteiger charge is 2.16. The van der Waals surface area contributed by atoms with E-state index in [0.29, 0.717) is 5.92 Å². The topological polar surface area (TPSA) is 18.5 Å². The van der Waals surface area contributed by atoms with Gasteiger partial charge in [-0.2, -0.15) is 0 Å². The molecule has 1 aliphatic heterocycles. The normalized spacial score (nSPS) is 22.5. The van der Waals surface area contributed by atoms with E-state index in [9.17, 15) is 0 Å². The zero-order valence-corrected chi connectivity index (χ0v) is 7.92. The number of ether oxygens (including phenoxy) is 2. The van der Waals surface area contributed by atoms with Crippen molar-refractivity contribution in [2.75, 3.05) is 13.2 Å². The molecule has 0 bridgehead atoms. The van der Waals surface area contributed by atoms with Crippen molar-refractivity contribution in [2.24, 2.45) is 5.92 Å². The van der Waals surface area contributed by atoms with Crippen molar-refractivity contribution < 1.29 is 9.47 Å². The van der Waals surface area contributed by atoms with E-state index in [0.717, 1.165) is 26.1 Å². The third-order valence-corrected chi connectivity index (χ3v) is 2.12. The maximum absolute atomic E-state index is 5.43. The van der Waals surface area contributed by atoms with Crippen LogP contribution in [0, 0.1) is 12.8 Å². The van der Waals surface area contributed by atoms with Gasteiger partial charge in [0.1, 0.15) is 0 Å². The summed E-state index contributed by atoms with van der Waals surface area (Å²) in [7, 11) is 0. The lowest BCUT2D eigenvalue weighted by atomic mass is 10.0. The van der Waals surface area contributed by atoms with Gasteiger partial charge in [-0.05, 0) is 19.3 Å². The van der Waals surface area contributed by atoms with Gasteiger partial charge in [0.25, 0.3) is 0 Å². The molecule has 0 saturated carbocycles.